The average Bonchev–Trinajstić information content (AvgIpc) is 2.38. The molecule has 1 aliphatic carbocycles. The van der Waals surface area contributed by atoms with E-state index < -0.39 is 5.97 Å². The van der Waals surface area contributed by atoms with Gasteiger partial charge < -0.3 is 0 Å². The fraction of sp³-hybridized carbons (Fsp3) is 0.429. The molecule has 1 fully saturated rings. The molecule has 0 heterocycles. The van der Waals surface area contributed by atoms with Gasteiger partial charge in [0.15, 0.2) is 0 Å². The first-order valence-corrected chi connectivity index (χ1v) is 6.06. The number of aryl methyl sites for hydroxylation is 1. The van der Waals surface area contributed by atoms with Crippen molar-refractivity contribution in [1.82, 2.24) is 0 Å². The molecule has 3 heteroatoms. The zero-order valence-electron chi connectivity index (χ0n) is 10.1. The minimum absolute atomic E-state index is 0.416. The number of benzene rings is 1. The highest BCUT2D eigenvalue weighted by Gasteiger charge is 2.19. The number of hydrogen-bond acceptors (Lipinski definition) is 3. The lowest BCUT2D eigenvalue weighted by Crippen LogP contribution is -2.13. The van der Waals surface area contributed by atoms with E-state index in [0.29, 0.717) is 5.56 Å². The molecule has 3 nitrogen and oxygen atoms in total. The molecule has 0 saturated heterocycles. The SMILES string of the molecule is Cc1ccccc1C(=O)OO[C]1CCCCC1. The second kappa shape index (κ2) is 5.82. The Morgan fingerprint density at radius 2 is 1.82 bits per heavy atom. The minimum atomic E-state index is -0.416. The summed E-state index contributed by atoms with van der Waals surface area (Å²) >= 11 is 0. The molecule has 0 aromatic heterocycles. The maximum absolute atomic E-state index is 11.7. The number of hydrogen-bond donors (Lipinski definition) is 0. The quantitative estimate of drug-likeness (QED) is 0.591. The third-order valence-corrected chi connectivity index (χ3v) is 3.01. The van der Waals surface area contributed by atoms with Crippen molar-refractivity contribution in [2.45, 2.75) is 39.0 Å². The van der Waals surface area contributed by atoms with Crippen LogP contribution in [0.2, 0.25) is 0 Å². The number of rotatable bonds is 3. The van der Waals surface area contributed by atoms with Gasteiger partial charge in [-0.05, 0) is 31.4 Å². The highest BCUT2D eigenvalue weighted by Crippen LogP contribution is 2.26. The van der Waals surface area contributed by atoms with Crippen molar-refractivity contribution in [2.24, 2.45) is 0 Å². The van der Waals surface area contributed by atoms with Crippen molar-refractivity contribution in [3.05, 3.63) is 41.5 Å². The van der Waals surface area contributed by atoms with Crippen LogP contribution in [0.4, 0.5) is 0 Å². The third-order valence-electron chi connectivity index (χ3n) is 3.01. The Morgan fingerprint density at radius 3 is 2.53 bits per heavy atom. The van der Waals surface area contributed by atoms with E-state index in [4.69, 9.17) is 9.78 Å². The van der Waals surface area contributed by atoms with E-state index in [2.05, 4.69) is 0 Å². The molecule has 0 aliphatic heterocycles. The molecule has 0 amide bonds. The Balaban J connectivity index is 1.87. The molecule has 1 aromatic carbocycles. The van der Waals surface area contributed by atoms with Crippen LogP contribution in [0.5, 0.6) is 0 Å². The normalized spacial score (nSPS) is 16.8. The molecule has 17 heavy (non-hydrogen) atoms. The van der Waals surface area contributed by atoms with Gasteiger partial charge in [-0.15, -0.1) is 0 Å². The van der Waals surface area contributed by atoms with Crippen molar-refractivity contribution >= 4 is 5.97 Å². The van der Waals surface area contributed by atoms with Gasteiger partial charge in [-0.3, -0.25) is 4.89 Å². The molecule has 0 bridgehead atoms. The molecule has 0 spiro atoms. The summed E-state index contributed by atoms with van der Waals surface area (Å²) in [6, 6.07) is 7.33. The zero-order valence-corrected chi connectivity index (χ0v) is 10.1. The minimum Gasteiger partial charge on any atom is -0.292 e. The Morgan fingerprint density at radius 1 is 1.12 bits per heavy atom. The van der Waals surface area contributed by atoms with Crippen molar-refractivity contribution in [1.29, 1.82) is 0 Å². The first-order valence-electron chi connectivity index (χ1n) is 6.06. The lowest BCUT2D eigenvalue weighted by atomic mass is 9.98. The molecule has 0 atom stereocenters. The number of carbonyl (C=O) groups excluding carboxylic acids is 1. The smallest absolute Gasteiger partial charge is 0.292 e. The Kier molecular flexibility index (Phi) is 4.15. The van der Waals surface area contributed by atoms with Gasteiger partial charge >= 0.3 is 5.97 Å². The van der Waals surface area contributed by atoms with Crippen LogP contribution in [0.1, 0.15) is 48.0 Å². The highest BCUT2D eigenvalue weighted by molar-refractivity contribution is 5.90. The summed E-state index contributed by atoms with van der Waals surface area (Å²) in [6.45, 7) is 1.88. The molecular formula is C14H17O3. The lowest BCUT2D eigenvalue weighted by Gasteiger charge is -2.18. The average molecular weight is 233 g/mol. The van der Waals surface area contributed by atoms with E-state index >= 15 is 0 Å². The summed E-state index contributed by atoms with van der Waals surface area (Å²) in [4.78, 5) is 21.7. The van der Waals surface area contributed by atoms with Gasteiger partial charge in [0.25, 0.3) is 0 Å². The van der Waals surface area contributed by atoms with Crippen molar-refractivity contribution < 1.29 is 14.6 Å². The molecule has 2 rings (SSSR count). The van der Waals surface area contributed by atoms with E-state index in [9.17, 15) is 4.79 Å². The summed E-state index contributed by atoms with van der Waals surface area (Å²) in [7, 11) is 0. The third kappa shape index (κ3) is 3.30. The zero-order chi connectivity index (χ0) is 12.1. The largest absolute Gasteiger partial charge is 0.373 e. The molecule has 1 saturated carbocycles. The lowest BCUT2D eigenvalue weighted by molar-refractivity contribution is -0.239. The highest BCUT2D eigenvalue weighted by atomic mass is 17.2. The monoisotopic (exact) mass is 233 g/mol. The Labute approximate surface area is 102 Å². The predicted molar refractivity (Wildman–Crippen MR) is 64.0 cm³/mol. The standard InChI is InChI=1S/C14H17O3/c1-11-7-5-6-10-13(11)14(15)17-16-12-8-3-2-4-9-12/h5-7,10H,2-4,8-9H2,1H3. The van der Waals surface area contributed by atoms with Gasteiger partial charge in [0.05, 0.1) is 5.56 Å². The van der Waals surface area contributed by atoms with E-state index in [-0.39, 0.29) is 0 Å². The van der Waals surface area contributed by atoms with Gasteiger partial charge in [-0.25, -0.2) is 4.79 Å². The fourth-order valence-corrected chi connectivity index (χ4v) is 1.97. The van der Waals surface area contributed by atoms with Gasteiger partial charge in [-0.2, -0.15) is 4.89 Å². The maximum Gasteiger partial charge on any atom is 0.373 e. The second-order valence-corrected chi connectivity index (χ2v) is 4.37. The fourth-order valence-electron chi connectivity index (χ4n) is 1.97. The van der Waals surface area contributed by atoms with Crippen LogP contribution in [0.25, 0.3) is 0 Å². The first kappa shape index (κ1) is 12.1. The van der Waals surface area contributed by atoms with E-state index in [1.165, 1.54) is 6.42 Å². The van der Waals surface area contributed by atoms with Gasteiger partial charge in [-0.1, -0.05) is 37.5 Å². The summed E-state index contributed by atoms with van der Waals surface area (Å²) < 4.78 is 0. The van der Waals surface area contributed by atoms with E-state index in [0.717, 1.165) is 37.4 Å². The van der Waals surface area contributed by atoms with Crippen LogP contribution in [0, 0.1) is 13.0 Å². The van der Waals surface area contributed by atoms with Crippen LogP contribution < -0.4 is 0 Å². The van der Waals surface area contributed by atoms with Crippen LogP contribution >= 0.6 is 0 Å². The van der Waals surface area contributed by atoms with Crippen molar-refractivity contribution in [3.63, 3.8) is 0 Å². The van der Waals surface area contributed by atoms with E-state index in [1.807, 2.05) is 25.1 Å². The van der Waals surface area contributed by atoms with Crippen molar-refractivity contribution in [2.75, 3.05) is 0 Å². The summed E-state index contributed by atoms with van der Waals surface area (Å²) in [5.41, 5.74) is 1.46. The molecule has 0 unspecified atom stereocenters. The van der Waals surface area contributed by atoms with Gasteiger partial charge in [0.1, 0.15) is 6.10 Å². The van der Waals surface area contributed by atoms with Crippen LogP contribution in [-0.4, -0.2) is 5.97 Å². The number of carbonyl (C=O) groups is 1. The summed E-state index contributed by atoms with van der Waals surface area (Å²) in [5.74, 6) is -0.416. The molecule has 1 aliphatic rings. The van der Waals surface area contributed by atoms with Crippen LogP contribution in [0.3, 0.4) is 0 Å². The van der Waals surface area contributed by atoms with E-state index in [1.54, 1.807) is 6.07 Å². The van der Waals surface area contributed by atoms with Gasteiger partial charge in [0.2, 0.25) is 0 Å². The molecule has 1 radical (unpaired) electrons. The molecular weight excluding hydrogens is 216 g/mol. The van der Waals surface area contributed by atoms with Crippen LogP contribution in [0.15, 0.2) is 24.3 Å². The summed E-state index contributed by atoms with van der Waals surface area (Å²) in [6.07, 6.45) is 6.17. The first-order chi connectivity index (χ1) is 8.27. The predicted octanol–water partition coefficient (Wildman–Crippen LogP) is 3.58. The summed E-state index contributed by atoms with van der Waals surface area (Å²) in [5, 5.41) is 0. The van der Waals surface area contributed by atoms with Crippen LogP contribution in [-0.2, 0) is 9.78 Å². The maximum atomic E-state index is 11.7. The molecule has 1 aromatic rings. The molecule has 0 N–H and O–H groups in total. The molecule has 91 valence electrons. The van der Waals surface area contributed by atoms with Gasteiger partial charge in [0, 0.05) is 0 Å². The Bertz CT molecular complexity index is 381. The van der Waals surface area contributed by atoms with Crippen molar-refractivity contribution in [3.8, 4) is 0 Å². The topological polar surface area (TPSA) is 35.5 Å². The second-order valence-electron chi connectivity index (χ2n) is 4.37. The Hall–Kier alpha value is -1.35.